The van der Waals surface area contributed by atoms with E-state index in [2.05, 4.69) is 9.47 Å². The molecule has 0 spiro atoms. The molecule has 6 heteroatoms. The van der Waals surface area contributed by atoms with Crippen LogP contribution in [0, 0.1) is 0 Å². The van der Waals surface area contributed by atoms with Crippen molar-refractivity contribution in [2.45, 2.75) is 12.0 Å². The lowest BCUT2D eigenvalue weighted by atomic mass is 9.94. The van der Waals surface area contributed by atoms with Crippen LogP contribution in [0.4, 0.5) is 4.79 Å². The summed E-state index contributed by atoms with van der Waals surface area (Å²) in [6.45, 7) is 0. The van der Waals surface area contributed by atoms with Crippen molar-refractivity contribution in [3.05, 3.63) is 24.3 Å². The molecule has 1 aliphatic rings. The standard InChI is InChI=1S/C11H12O6/c1-15-9(13)7-11(17-10(14)16-2)5-3-8(12)4-6-11/h3-6H,7H2,1-2H3. The van der Waals surface area contributed by atoms with Gasteiger partial charge < -0.3 is 14.2 Å². The number of rotatable bonds is 3. The summed E-state index contributed by atoms with van der Waals surface area (Å²) in [6.07, 6.45) is 3.90. The molecule has 0 aromatic heterocycles. The maximum Gasteiger partial charge on any atom is 0.509 e. The summed E-state index contributed by atoms with van der Waals surface area (Å²) in [6, 6.07) is 0. The lowest BCUT2D eigenvalue weighted by Crippen LogP contribution is -2.35. The molecule has 0 fully saturated rings. The topological polar surface area (TPSA) is 78.9 Å². The zero-order valence-corrected chi connectivity index (χ0v) is 9.47. The van der Waals surface area contributed by atoms with Crippen LogP contribution in [-0.4, -0.2) is 37.7 Å². The largest absolute Gasteiger partial charge is 0.509 e. The van der Waals surface area contributed by atoms with Crippen molar-refractivity contribution in [1.29, 1.82) is 0 Å². The maximum atomic E-state index is 11.2. The van der Waals surface area contributed by atoms with E-state index in [1.807, 2.05) is 0 Å². The van der Waals surface area contributed by atoms with E-state index >= 15 is 0 Å². The Morgan fingerprint density at radius 2 is 1.76 bits per heavy atom. The molecule has 6 nitrogen and oxygen atoms in total. The Bertz CT molecular complexity index is 357. The normalized spacial score (nSPS) is 16.5. The first-order chi connectivity index (χ1) is 8.01. The Balaban J connectivity index is 2.89. The van der Waals surface area contributed by atoms with Gasteiger partial charge in [-0.2, -0.15) is 0 Å². The van der Waals surface area contributed by atoms with Gasteiger partial charge in [0.1, 0.15) is 0 Å². The molecule has 1 aliphatic carbocycles. The lowest BCUT2D eigenvalue weighted by Gasteiger charge is -2.26. The van der Waals surface area contributed by atoms with Crippen LogP contribution in [0.3, 0.4) is 0 Å². The SMILES string of the molecule is COC(=O)CC1(OC(=O)OC)C=CC(=O)C=C1. The molecule has 17 heavy (non-hydrogen) atoms. The van der Waals surface area contributed by atoms with Crippen molar-refractivity contribution in [2.24, 2.45) is 0 Å². The molecular formula is C11H12O6. The van der Waals surface area contributed by atoms with Crippen molar-refractivity contribution in [3.63, 3.8) is 0 Å². The van der Waals surface area contributed by atoms with E-state index in [-0.39, 0.29) is 12.2 Å². The van der Waals surface area contributed by atoms with E-state index in [0.29, 0.717) is 0 Å². The molecule has 0 atom stereocenters. The van der Waals surface area contributed by atoms with Crippen molar-refractivity contribution in [3.8, 4) is 0 Å². The molecule has 0 saturated carbocycles. The third kappa shape index (κ3) is 3.44. The number of carbonyl (C=O) groups excluding carboxylic acids is 3. The second-order valence-corrected chi connectivity index (χ2v) is 3.33. The number of methoxy groups -OCH3 is 2. The average molecular weight is 240 g/mol. The predicted molar refractivity (Wildman–Crippen MR) is 56.1 cm³/mol. The number of ether oxygens (including phenoxy) is 3. The number of allylic oxidation sites excluding steroid dienone is 2. The summed E-state index contributed by atoms with van der Waals surface area (Å²) in [4.78, 5) is 33.3. The van der Waals surface area contributed by atoms with Gasteiger partial charge in [0.2, 0.25) is 0 Å². The van der Waals surface area contributed by atoms with Gasteiger partial charge in [0, 0.05) is 0 Å². The Kier molecular flexibility index (Phi) is 4.03. The molecule has 0 aliphatic heterocycles. The Hall–Kier alpha value is -2.11. The smallest absolute Gasteiger partial charge is 0.469 e. The van der Waals surface area contributed by atoms with Gasteiger partial charge in [-0.1, -0.05) is 0 Å². The number of carbonyl (C=O) groups is 3. The highest BCUT2D eigenvalue weighted by Gasteiger charge is 2.34. The van der Waals surface area contributed by atoms with Crippen molar-refractivity contribution >= 4 is 17.9 Å². The van der Waals surface area contributed by atoms with Gasteiger partial charge >= 0.3 is 12.1 Å². The Morgan fingerprint density at radius 1 is 1.18 bits per heavy atom. The first-order valence-electron chi connectivity index (χ1n) is 4.77. The van der Waals surface area contributed by atoms with Gasteiger partial charge in [-0.15, -0.1) is 0 Å². The van der Waals surface area contributed by atoms with Crippen molar-refractivity contribution in [1.82, 2.24) is 0 Å². The van der Waals surface area contributed by atoms with Gasteiger partial charge in [0.05, 0.1) is 20.6 Å². The van der Waals surface area contributed by atoms with Gasteiger partial charge in [-0.25, -0.2) is 4.79 Å². The summed E-state index contributed by atoms with van der Waals surface area (Å²) >= 11 is 0. The number of ketones is 1. The highest BCUT2D eigenvalue weighted by molar-refractivity contribution is 6.01. The monoisotopic (exact) mass is 240 g/mol. The first kappa shape index (κ1) is 13.0. The third-order valence-electron chi connectivity index (χ3n) is 2.15. The summed E-state index contributed by atoms with van der Waals surface area (Å²) < 4.78 is 13.8. The van der Waals surface area contributed by atoms with Crippen LogP contribution in [0.15, 0.2) is 24.3 Å². The number of hydrogen-bond donors (Lipinski definition) is 0. The molecule has 0 radical (unpaired) electrons. The van der Waals surface area contributed by atoms with E-state index in [0.717, 1.165) is 7.11 Å². The fraction of sp³-hybridized carbons (Fsp3) is 0.364. The molecule has 0 unspecified atom stereocenters. The van der Waals surface area contributed by atoms with Crippen molar-refractivity contribution < 1.29 is 28.6 Å². The molecule has 0 amide bonds. The van der Waals surface area contributed by atoms with Gasteiger partial charge in [0.15, 0.2) is 11.4 Å². The average Bonchev–Trinajstić information content (AvgIpc) is 2.32. The van der Waals surface area contributed by atoms with E-state index in [4.69, 9.17) is 4.74 Å². The van der Waals surface area contributed by atoms with Crippen LogP contribution in [0.2, 0.25) is 0 Å². The van der Waals surface area contributed by atoms with Gasteiger partial charge in [0.25, 0.3) is 0 Å². The zero-order chi connectivity index (χ0) is 12.9. The fourth-order valence-electron chi connectivity index (χ4n) is 1.27. The van der Waals surface area contributed by atoms with Crippen LogP contribution in [0.1, 0.15) is 6.42 Å². The van der Waals surface area contributed by atoms with Crippen LogP contribution in [0.25, 0.3) is 0 Å². The second-order valence-electron chi connectivity index (χ2n) is 3.33. The van der Waals surface area contributed by atoms with E-state index < -0.39 is 17.7 Å². The first-order valence-corrected chi connectivity index (χ1v) is 4.77. The minimum Gasteiger partial charge on any atom is -0.469 e. The molecule has 0 aromatic rings. The quantitative estimate of drug-likeness (QED) is 0.678. The van der Waals surface area contributed by atoms with Crippen molar-refractivity contribution in [2.75, 3.05) is 14.2 Å². The van der Waals surface area contributed by atoms with Crippen LogP contribution < -0.4 is 0 Å². The number of hydrogen-bond acceptors (Lipinski definition) is 6. The lowest BCUT2D eigenvalue weighted by molar-refractivity contribution is -0.144. The van der Waals surface area contributed by atoms with Crippen LogP contribution in [0.5, 0.6) is 0 Å². The molecule has 92 valence electrons. The summed E-state index contributed by atoms with van der Waals surface area (Å²) in [5.74, 6) is -0.823. The minimum absolute atomic E-state index is 0.223. The minimum atomic E-state index is -1.33. The van der Waals surface area contributed by atoms with E-state index in [1.54, 1.807) is 0 Å². The van der Waals surface area contributed by atoms with Crippen LogP contribution in [-0.2, 0) is 23.8 Å². The molecule has 0 heterocycles. The molecule has 0 aromatic carbocycles. The Morgan fingerprint density at radius 3 is 2.24 bits per heavy atom. The maximum absolute atomic E-state index is 11.2. The van der Waals surface area contributed by atoms with E-state index in [1.165, 1.54) is 31.4 Å². The highest BCUT2D eigenvalue weighted by Crippen LogP contribution is 2.24. The molecule has 0 N–H and O–H groups in total. The third-order valence-corrected chi connectivity index (χ3v) is 2.15. The summed E-state index contributed by atoms with van der Waals surface area (Å²) in [5.41, 5.74) is -1.33. The highest BCUT2D eigenvalue weighted by atomic mass is 16.7. The van der Waals surface area contributed by atoms with Crippen LogP contribution >= 0.6 is 0 Å². The molecule has 0 saturated heterocycles. The summed E-state index contributed by atoms with van der Waals surface area (Å²) in [5, 5.41) is 0. The molecule has 1 rings (SSSR count). The second kappa shape index (κ2) is 5.29. The van der Waals surface area contributed by atoms with Gasteiger partial charge in [-0.3, -0.25) is 9.59 Å². The zero-order valence-electron chi connectivity index (χ0n) is 9.47. The summed E-state index contributed by atoms with van der Waals surface area (Å²) in [7, 11) is 2.37. The fourth-order valence-corrected chi connectivity index (χ4v) is 1.27. The molecular weight excluding hydrogens is 228 g/mol. The number of esters is 1. The Labute approximate surface area is 97.8 Å². The van der Waals surface area contributed by atoms with E-state index in [9.17, 15) is 14.4 Å². The molecule has 0 bridgehead atoms. The predicted octanol–water partition coefficient (Wildman–Crippen LogP) is 0.766. The van der Waals surface area contributed by atoms with Gasteiger partial charge in [-0.05, 0) is 24.3 Å².